The second-order valence-electron chi connectivity index (χ2n) is 10.9. The third-order valence-corrected chi connectivity index (χ3v) is 7.40. The summed E-state index contributed by atoms with van der Waals surface area (Å²) in [4.78, 5) is 11.4. The second-order valence-corrected chi connectivity index (χ2v) is 10.9. The van der Waals surface area contributed by atoms with Crippen LogP contribution in [0.1, 0.15) is 38.7 Å². The Morgan fingerprint density at radius 3 is 2.61 bits per heavy atom. The molecule has 9 heteroatoms. The summed E-state index contributed by atoms with van der Waals surface area (Å²) >= 11 is 0. The van der Waals surface area contributed by atoms with Crippen molar-refractivity contribution >= 4 is 29.0 Å². The molecule has 0 aliphatic carbocycles. The van der Waals surface area contributed by atoms with Gasteiger partial charge in [-0.1, -0.05) is 13.3 Å². The molecule has 3 rings (SSSR count). The molecule has 1 aromatic carbocycles. The average molecular weight is 495 g/mol. The van der Waals surface area contributed by atoms with Gasteiger partial charge in [-0.2, -0.15) is 10.2 Å². The normalized spacial score (nSPS) is 17.2. The van der Waals surface area contributed by atoms with Crippen molar-refractivity contribution in [2.45, 2.75) is 39.2 Å². The van der Waals surface area contributed by atoms with Crippen molar-refractivity contribution in [3.05, 3.63) is 30.0 Å². The van der Waals surface area contributed by atoms with Crippen LogP contribution >= 0.6 is 0 Å². The minimum Gasteiger partial charge on any atom is -0.495 e. The molecule has 1 aromatic heterocycles. The van der Waals surface area contributed by atoms with E-state index >= 15 is 0 Å². The highest BCUT2D eigenvalue weighted by Gasteiger charge is 2.35. The fraction of sp³-hybridized carbons (Fsp3) is 0.556. The number of nitrogens with one attached hydrogen (secondary N) is 2. The Labute approximate surface area is 216 Å². The van der Waals surface area contributed by atoms with E-state index in [1.54, 1.807) is 25.1 Å². The molecule has 1 saturated heterocycles. The molecule has 0 bridgehead atoms. The number of hydrogen-bond acceptors (Lipinski definition) is 6. The van der Waals surface area contributed by atoms with Crippen molar-refractivity contribution in [3.8, 4) is 11.8 Å². The first-order valence-corrected chi connectivity index (χ1v) is 12.6. The van der Waals surface area contributed by atoms with E-state index in [-0.39, 0.29) is 4.48 Å². The van der Waals surface area contributed by atoms with E-state index in [1.807, 2.05) is 39.3 Å². The Hall–Kier alpha value is -3.06. The Morgan fingerprint density at radius 1 is 1.31 bits per heavy atom. The van der Waals surface area contributed by atoms with Gasteiger partial charge in [-0.15, -0.1) is 4.98 Å². The van der Waals surface area contributed by atoms with Crippen LogP contribution in [0.2, 0.25) is 0 Å². The van der Waals surface area contributed by atoms with Gasteiger partial charge in [-0.05, 0) is 32.4 Å². The number of anilines is 1. The van der Waals surface area contributed by atoms with Crippen molar-refractivity contribution in [1.82, 2.24) is 24.3 Å². The highest BCUT2D eigenvalue weighted by Crippen LogP contribution is 2.37. The molecule has 2 heterocycles. The molecule has 0 spiro atoms. The van der Waals surface area contributed by atoms with Crippen LogP contribution in [0.5, 0.6) is 5.75 Å². The summed E-state index contributed by atoms with van der Waals surface area (Å²) in [6.45, 7) is 5.97. The Kier molecular flexibility index (Phi) is 8.34. The molecule has 1 fully saturated rings. The number of piperidine rings is 1. The van der Waals surface area contributed by atoms with Gasteiger partial charge in [-0.25, -0.2) is 4.48 Å². The van der Waals surface area contributed by atoms with Crippen molar-refractivity contribution < 1.29 is 4.74 Å². The van der Waals surface area contributed by atoms with Crippen molar-refractivity contribution in [2.24, 2.45) is 5.92 Å². The van der Waals surface area contributed by atoms with Gasteiger partial charge in [0.1, 0.15) is 17.5 Å². The van der Waals surface area contributed by atoms with Crippen LogP contribution in [0.25, 0.3) is 0 Å². The molecule has 2 unspecified atom stereocenters. The predicted octanol–water partition coefficient (Wildman–Crippen LogP) is 4.03. The van der Waals surface area contributed by atoms with Crippen LogP contribution < -0.4 is 23.9 Å². The van der Waals surface area contributed by atoms with Crippen molar-refractivity contribution in [1.29, 1.82) is 10.7 Å². The molecule has 2 atom stereocenters. The lowest BCUT2D eigenvalue weighted by Crippen LogP contribution is -2.51. The maximum atomic E-state index is 9.89. The molecular formula is C27H42N8O+2. The number of amidine groups is 1. The van der Waals surface area contributed by atoms with E-state index in [4.69, 9.17) is 15.1 Å². The number of hydrogen-bond donors (Lipinski definition) is 2. The maximum Gasteiger partial charge on any atom is 0.338 e. The van der Waals surface area contributed by atoms with Gasteiger partial charge in [0.25, 0.3) is 5.82 Å². The lowest BCUT2D eigenvalue weighted by Gasteiger charge is -2.36. The number of quaternary nitrogens is 2. The maximum absolute atomic E-state index is 9.89. The van der Waals surface area contributed by atoms with Gasteiger partial charge in [0.2, 0.25) is 0 Å². The Balaban J connectivity index is 2.00. The number of aromatic nitrogens is 2. The van der Waals surface area contributed by atoms with E-state index < -0.39 is 0 Å². The molecule has 194 valence electrons. The molecule has 1 aliphatic rings. The molecule has 0 saturated carbocycles. The average Bonchev–Trinajstić information content (AvgIpc) is 2.87. The first-order chi connectivity index (χ1) is 16.9. The standard InChI is InChI=1S/C27H42N8O/c1-19(23-11-9-10-14-30-23)18-34(4,5)26-21(16-28)17-31-27(32-26)35(6,7)22-12-13-25(36-8)24(15-22)33(3)20(2)29/h12-13,15,17,19,23,29-30H,9-11,14,18H2,1-8H3/q+2. The topological polar surface area (TPSA) is 97.9 Å². The Bertz CT molecular complexity index is 1130. The largest absolute Gasteiger partial charge is 0.495 e. The summed E-state index contributed by atoms with van der Waals surface area (Å²) in [6.07, 6.45) is 5.34. The van der Waals surface area contributed by atoms with Crippen LogP contribution in [-0.4, -0.2) is 77.3 Å². The molecule has 0 radical (unpaired) electrons. The van der Waals surface area contributed by atoms with E-state index in [9.17, 15) is 5.26 Å². The van der Waals surface area contributed by atoms with Gasteiger partial charge < -0.3 is 15.0 Å². The quantitative estimate of drug-likeness (QED) is 0.327. The number of methoxy groups -OCH3 is 1. The third kappa shape index (κ3) is 5.67. The molecule has 9 nitrogen and oxygen atoms in total. The van der Waals surface area contributed by atoms with Crippen LogP contribution in [0, 0.1) is 22.7 Å². The lowest BCUT2D eigenvalue weighted by atomic mass is 9.92. The Morgan fingerprint density at radius 2 is 2.03 bits per heavy atom. The van der Waals surface area contributed by atoms with Crippen molar-refractivity contribution in [3.63, 3.8) is 0 Å². The molecular weight excluding hydrogens is 452 g/mol. The summed E-state index contributed by atoms with van der Waals surface area (Å²) in [7, 11) is 11.8. The van der Waals surface area contributed by atoms with Crippen LogP contribution in [-0.2, 0) is 0 Å². The van der Waals surface area contributed by atoms with Gasteiger partial charge >= 0.3 is 5.95 Å². The predicted molar refractivity (Wildman–Crippen MR) is 148 cm³/mol. The summed E-state index contributed by atoms with van der Waals surface area (Å²) in [6, 6.07) is 8.72. The van der Waals surface area contributed by atoms with E-state index in [0.29, 0.717) is 39.5 Å². The summed E-state index contributed by atoms with van der Waals surface area (Å²) in [5, 5.41) is 21.6. The van der Waals surface area contributed by atoms with Gasteiger partial charge in [0.05, 0.1) is 59.6 Å². The summed E-state index contributed by atoms with van der Waals surface area (Å²) < 4.78 is 6.33. The van der Waals surface area contributed by atoms with E-state index in [2.05, 4.69) is 37.4 Å². The SMILES string of the molecule is COc1ccc([N+](C)(C)c2ncc(C#N)c([N+](C)(C)CC(C)C3CCCCN3)n2)cc1N(C)C(C)=N. The summed E-state index contributed by atoms with van der Waals surface area (Å²) in [5.74, 6) is 2.88. The number of rotatable bonds is 8. The molecule has 1 aliphatic heterocycles. The minimum absolute atomic E-state index is 0.278. The highest BCUT2D eigenvalue weighted by atomic mass is 16.5. The second kappa shape index (κ2) is 10.9. The summed E-state index contributed by atoms with van der Waals surface area (Å²) in [5.41, 5.74) is 2.24. The molecule has 2 aromatic rings. The van der Waals surface area contributed by atoms with E-state index in [1.165, 1.54) is 19.3 Å². The zero-order chi connectivity index (χ0) is 26.7. The fourth-order valence-corrected chi connectivity index (χ4v) is 5.06. The van der Waals surface area contributed by atoms with Gasteiger partial charge in [0.15, 0.2) is 5.56 Å². The number of nitriles is 1. The monoisotopic (exact) mass is 494 g/mol. The van der Waals surface area contributed by atoms with Gasteiger partial charge in [0, 0.05) is 31.1 Å². The smallest absolute Gasteiger partial charge is 0.338 e. The first kappa shape index (κ1) is 27.5. The molecule has 0 amide bonds. The minimum atomic E-state index is 0.278. The zero-order valence-electron chi connectivity index (χ0n) is 23.1. The third-order valence-electron chi connectivity index (χ3n) is 7.40. The molecule has 2 N–H and O–H groups in total. The molecule has 36 heavy (non-hydrogen) atoms. The highest BCUT2D eigenvalue weighted by molar-refractivity contribution is 5.95. The van der Waals surface area contributed by atoms with Crippen LogP contribution in [0.15, 0.2) is 24.4 Å². The van der Waals surface area contributed by atoms with E-state index in [0.717, 1.165) is 30.3 Å². The number of benzene rings is 1. The fourth-order valence-electron chi connectivity index (χ4n) is 5.06. The lowest BCUT2D eigenvalue weighted by molar-refractivity contribution is 0.244. The van der Waals surface area contributed by atoms with Crippen LogP contribution in [0.4, 0.5) is 23.1 Å². The van der Waals surface area contributed by atoms with Crippen LogP contribution in [0.3, 0.4) is 0 Å². The zero-order valence-corrected chi connectivity index (χ0v) is 23.1. The van der Waals surface area contributed by atoms with Crippen molar-refractivity contribution in [2.75, 3.05) is 60.3 Å². The number of ether oxygens (including phenoxy) is 1. The first-order valence-electron chi connectivity index (χ1n) is 12.6. The number of nitrogens with zero attached hydrogens (tertiary/aromatic N) is 6. The van der Waals surface area contributed by atoms with Gasteiger partial charge in [-0.3, -0.25) is 9.89 Å².